The van der Waals surface area contributed by atoms with Crippen molar-refractivity contribution in [2.45, 2.75) is 52.3 Å². The van der Waals surface area contributed by atoms with E-state index in [9.17, 15) is 0 Å². The molecule has 1 heterocycles. The normalized spacial score (nSPS) is 21.8. The van der Waals surface area contributed by atoms with E-state index in [2.05, 4.69) is 20.8 Å². The predicted molar refractivity (Wildman–Crippen MR) is 64.3 cm³/mol. The van der Waals surface area contributed by atoms with Gasteiger partial charge >= 0.3 is 7.12 Å². The van der Waals surface area contributed by atoms with E-state index in [0.29, 0.717) is 13.5 Å². The Hall–Kier alpha value is 0.00987. The number of hydrogen-bond donors (Lipinski definition) is 0. The molecule has 1 fully saturated rings. The van der Waals surface area contributed by atoms with Crippen molar-refractivity contribution in [1.82, 2.24) is 0 Å². The predicted octanol–water partition coefficient (Wildman–Crippen LogP) is 2.35. The van der Waals surface area contributed by atoms with Crippen LogP contribution in [0.15, 0.2) is 0 Å². The third-order valence-electron chi connectivity index (χ3n) is 2.85. The first-order chi connectivity index (χ1) is 7.30. The van der Waals surface area contributed by atoms with Gasteiger partial charge in [-0.3, -0.25) is 0 Å². The van der Waals surface area contributed by atoms with E-state index in [-0.39, 0.29) is 13.2 Å². The molecule has 15 heavy (non-hydrogen) atoms. The van der Waals surface area contributed by atoms with E-state index in [1.165, 1.54) is 0 Å². The van der Waals surface area contributed by atoms with Gasteiger partial charge < -0.3 is 14.0 Å². The van der Waals surface area contributed by atoms with Crippen molar-refractivity contribution in [2.24, 2.45) is 0 Å². The Bertz CT molecular complexity index is 165. The molecule has 0 radical (unpaired) electrons. The summed E-state index contributed by atoms with van der Waals surface area (Å²) in [6.07, 6.45) is 4.26. The largest absolute Gasteiger partial charge is 0.456 e. The van der Waals surface area contributed by atoms with Gasteiger partial charge in [-0.15, -0.1) is 0 Å². The monoisotopic (exact) mass is 212 g/mol. The summed E-state index contributed by atoms with van der Waals surface area (Å²) in [6, 6.07) is 0. The Morgan fingerprint density at radius 3 is 2.67 bits per heavy atom. The highest BCUT2D eigenvalue weighted by Gasteiger charge is 2.26. The van der Waals surface area contributed by atoms with E-state index in [1.807, 2.05) is 0 Å². The van der Waals surface area contributed by atoms with Crippen molar-refractivity contribution >= 4 is 14.0 Å². The van der Waals surface area contributed by atoms with Gasteiger partial charge in [-0.25, -0.2) is 0 Å². The molecule has 0 aromatic heterocycles. The zero-order valence-electron chi connectivity index (χ0n) is 10.2. The SMILES string of the molecule is CCB(CC)OCC1CCOB(CC)O1. The molecule has 3 nitrogen and oxygen atoms in total. The van der Waals surface area contributed by atoms with Crippen LogP contribution in [0.3, 0.4) is 0 Å². The first kappa shape index (κ1) is 13.1. The fourth-order valence-corrected chi connectivity index (χ4v) is 1.76. The zero-order valence-corrected chi connectivity index (χ0v) is 10.2. The van der Waals surface area contributed by atoms with Crippen LogP contribution in [0.2, 0.25) is 19.0 Å². The van der Waals surface area contributed by atoms with Gasteiger partial charge in [0.05, 0.1) is 12.7 Å². The molecule has 1 atom stereocenters. The fraction of sp³-hybridized carbons (Fsp3) is 1.00. The minimum Gasteiger partial charge on any atom is -0.433 e. The summed E-state index contributed by atoms with van der Waals surface area (Å²) in [4.78, 5) is 0. The van der Waals surface area contributed by atoms with Gasteiger partial charge in [0.25, 0.3) is 6.92 Å². The van der Waals surface area contributed by atoms with Crippen molar-refractivity contribution in [1.29, 1.82) is 0 Å². The minimum absolute atomic E-state index is 0.0194. The van der Waals surface area contributed by atoms with Gasteiger partial charge in [0.2, 0.25) is 0 Å². The Morgan fingerprint density at radius 2 is 2.07 bits per heavy atom. The van der Waals surface area contributed by atoms with Gasteiger partial charge in [0.1, 0.15) is 0 Å². The molecule has 86 valence electrons. The van der Waals surface area contributed by atoms with Crippen molar-refractivity contribution < 1.29 is 14.0 Å². The number of hydrogen-bond acceptors (Lipinski definition) is 3. The lowest BCUT2D eigenvalue weighted by Gasteiger charge is -2.28. The van der Waals surface area contributed by atoms with Gasteiger partial charge in [-0.1, -0.05) is 33.4 Å². The summed E-state index contributed by atoms with van der Waals surface area (Å²) in [6.45, 7) is 8.30. The van der Waals surface area contributed by atoms with Crippen molar-refractivity contribution in [3.63, 3.8) is 0 Å². The lowest BCUT2D eigenvalue weighted by molar-refractivity contribution is 0.0360. The average Bonchev–Trinajstić information content (AvgIpc) is 2.31. The first-order valence-corrected chi connectivity index (χ1v) is 6.18. The molecule has 0 aromatic rings. The minimum atomic E-state index is -0.0194. The van der Waals surface area contributed by atoms with E-state index in [4.69, 9.17) is 14.0 Å². The highest BCUT2D eigenvalue weighted by atomic mass is 16.6. The maximum absolute atomic E-state index is 5.79. The Balaban J connectivity index is 2.20. The van der Waals surface area contributed by atoms with Crippen LogP contribution in [0.5, 0.6) is 0 Å². The molecule has 1 aliphatic rings. The van der Waals surface area contributed by atoms with Crippen LogP contribution in [-0.4, -0.2) is 33.4 Å². The average molecular weight is 212 g/mol. The zero-order chi connectivity index (χ0) is 11.1. The molecule has 0 bridgehead atoms. The van der Waals surface area contributed by atoms with Gasteiger partial charge in [-0.2, -0.15) is 0 Å². The van der Waals surface area contributed by atoms with E-state index in [1.54, 1.807) is 0 Å². The maximum atomic E-state index is 5.79. The summed E-state index contributed by atoms with van der Waals surface area (Å²) in [5, 5.41) is 0. The molecule has 1 rings (SSSR count). The van der Waals surface area contributed by atoms with Crippen molar-refractivity contribution in [3.8, 4) is 0 Å². The standard InChI is InChI=1S/C10H22B2O3/c1-4-11(5-2)14-9-10-7-8-13-12(6-3)15-10/h10H,4-9H2,1-3H3. The third-order valence-corrected chi connectivity index (χ3v) is 2.85. The molecule has 0 N–H and O–H groups in total. The highest BCUT2D eigenvalue weighted by Crippen LogP contribution is 2.13. The van der Waals surface area contributed by atoms with Crippen LogP contribution in [0.25, 0.3) is 0 Å². The molecule has 0 aliphatic carbocycles. The second-order valence-corrected chi connectivity index (χ2v) is 4.03. The van der Waals surface area contributed by atoms with E-state index < -0.39 is 0 Å². The molecule has 0 amide bonds. The smallest absolute Gasteiger partial charge is 0.433 e. The van der Waals surface area contributed by atoms with E-state index in [0.717, 1.165) is 32.0 Å². The molecule has 0 saturated carbocycles. The summed E-state index contributed by atoms with van der Waals surface area (Å²) in [7, 11) is -0.0194. The van der Waals surface area contributed by atoms with Crippen LogP contribution in [0, 0.1) is 0 Å². The van der Waals surface area contributed by atoms with Crippen molar-refractivity contribution in [2.75, 3.05) is 13.2 Å². The van der Waals surface area contributed by atoms with Crippen LogP contribution >= 0.6 is 0 Å². The van der Waals surface area contributed by atoms with E-state index >= 15 is 0 Å². The van der Waals surface area contributed by atoms with Gasteiger partial charge in [-0.05, 0) is 12.7 Å². The maximum Gasteiger partial charge on any atom is 0.456 e. The summed E-state index contributed by atoms with van der Waals surface area (Å²) < 4.78 is 17.0. The molecular formula is C10H22B2O3. The summed E-state index contributed by atoms with van der Waals surface area (Å²) >= 11 is 0. The lowest BCUT2D eigenvalue weighted by atomic mass is 9.62. The Morgan fingerprint density at radius 1 is 1.33 bits per heavy atom. The highest BCUT2D eigenvalue weighted by molar-refractivity contribution is 6.51. The second kappa shape index (κ2) is 7.31. The molecule has 0 aromatic carbocycles. The van der Waals surface area contributed by atoms with Crippen LogP contribution in [-0.2, 0) is 14.0 Å². The fourth-order valence-electron chi connectivity index (χ4n) is 1.76. The molecule has 0 spiro atoms. The molecule has 1 unspecified atom stereocenters. The second-order valence-electron chi connectivity index (χ2n) is 4.03. The summed E-state index contributed by atoms with van der Waals surface area (Å²) in [5.74, 6) is 0. The van der Waals surface area contributed by atoms with Gasteiger partial charge in [0, 0.05) is 6.61 Å². The van der Waals surface area contributed by atoms with Crippen LogP contribution in [0.1, 0.15) is 27.2 Å². The topological polar surface area (TPSA) is 27.7 Å². The molecule has 1 aliphatic heterocycles. The van der Waals surface area contributed by atoms with Crippen molar-refractivity contribution in [3.05, 3.63) is 0 Å². The number of rotatable bonds is 6. The Labute approximate surface area is 94.1 Å². The quantitative estimate of drug-likeness (QED) is 0.632. The molecule has 1 saturated heterocycles. The molecular weight excluding hydrogens is 190 g/mol. The Kier molecular flexibility index (Phi) is 6.37. The lowest BCUT2D eigenvalue weighted by Crippen LogP contribution is -2.39. The van der Waals surface area contributed by atoms with Crippen LogP contribution in [0.4, 0.5) is 0 Å². The first-order valence-electron chi connectivity index (χ1n) is 6.18. The molecule has 5 heteroatoms. The van der Waals surface area contributed by atoms with Gasteiger partial charge in [0.15, 0.2) is 0 Å². The third kappa shape index (κ3) is 4.58. The van der Waals surface area contributed by atoms with Crippen LogP contribution < -0.4 is 0 Å². The summed E-state index contributed by atoms with van der Waals surface area (Å²) in [5.41, 5.74) is 0.